The third-order valence-electron chi connectivity index (χ3n) is 1.24. The zero-order chi connectivity index (χ0) is 8.27. The van der Waals surface area contributed by atoms with Crippen molar-refractivity contribution in [3.63, 3.8) is 0 Å². The molecule has 0 aliphatic carbocycles. The predicted octanol–water partition coefficient (Wildman–Crippen LogP) is 0.606. The number of aliphatic hydroxyl groups excluding tert-OH is 1. The van der Waals surface area contributed by atoms with E-state index in [0.717, 1.165) is 0 Å². The van der Waals surface area contributed by atoms with Gasteiger partial charge < -0.3 is 14.4 Å². The van der Waals surface area contributed by atoms with E-state index in [0.29, 0.717) is 18.1 Å². The van der Waals surface area contributed by atoms with Crippen LogP contribution in [0, 0.1) is 0 Å². The summed E-state index contributed by atoms with van der Waals surface area (Å²) in [6, 6.07) is 1.66. The first-order chi connectivity index (χ1) is 5.22. The average Bonchev–Trinajstić information content (AvgIpc) is 2.34. The molecule has 11 heavy (non-hydrogen) atoms. The van der Waals surface area contributed by atoms with Crippen molar-refractivity contribution in [1.82, 2.24) is 5.16 Å². The molecule has 0 aliphatic heterocycles. The maximum Gasteiger partial charge on any atom is 0.254 e. The van der Waals surface area contributed by atoms with Crippen LogP contribution in [0.25, 0.3) is 0 Å². The fourth-order valence-corrected chi connectivity index (χ4v) is 0.778. The van der Waals surface area contributed by atoms with E-state index >= 15 is 0 Å². The fraction of sp³-hybridized carbons (Fsp3) is 0.571. The van der Waals surface area contributed by atoms with Crippen LogP contribution in [0.5, 0.6) is 5.88 Å². The predicted molar refractivity (Wildman–Crippen MR) is 38.4 cm³/mol. The highest BCUT2D eigenvalue weighted by atomic mass is 16.5. The third kappa shape index (κ3) is 2.23. The Labute approximate surface area is 64.8 Å². The molecule has 4 heteroatoms. The molecule has 1 aromatic heterocycles. The molecular weight excluding hydrogens is 146 g/mol. The molecule has 0 saturated heterocycles. The van der Waals surface area contributed by atoms with Crippen molar-refractivity contribution in [2.45, 2.75) is 19.4 Å². The van der Waals surface area contributed by atoms with Crippen LogP contribution in [0.2, 0.25) is 0 Å². The van der Waals surface area contributed by atoms with Gasteiger partial charge in [0.15, 0.2) is 0 Å². The molecule has 1 N–H and O–H groups in total. The van der Waals surface area contributed by atoms with E-state index in [4.69, 9.17) is 14.4 Å². The lowest BCUT2D eigenvalue weighted by Gasteiger charge is -1.96. The van der Waals surface area contributed by atoms with Crippen LogP contribution in [0.4, 0.5) is 0 Å². The van der Waals surface area contributed by atoms with Crippen molar-refractivity contribution >= 4 is 0 Å². The summed E-state index contributed by atoms with van der Waals surface area (Å²) in [5, 5.41) is 12.5. The van der Waals surface area contributed by atoms with Gasteiger partial charge in [0.25, 0.3) is 5.88 Å². The number of ether oxygens (including phenoxy) is 1. The maximum absolute atomic E-state index is 8.96. The second-order valence-corrected chi connectivity index (χ2v) is 2.39. The lowest BCUT2D eigenvalue weighted by molar-refractivity contribution is 0.182. The first-order valence-electron chi connectivity index (χ1n) is 3.40. The van der Waals surface area contributed by atoms with Crippen molar-refractivity contribution in [1.29, 1.82) is 0 Å². The number of aromatic nitrogens is 1. The van der Waals surface area contributed by atoms with E-state index < -0.39 is 6.10 Å². The van der Waals surface area contributed by atoms with Gasteiger partial charge in [-0.3, -0.25) is 0 Å². The van der Waals surface area contributed by atoms with E-state index in [1.807, 2.05) is 0 Å². The molecule has 1 atom stereocenters. The van der Waals surface area contributed by atoms with E-state index in [1.165, 1.54) is 7.11 Å². The van der Waals surface area contributed by atoms with Crippen LogP contribution in [-0.4, -0.2) is 23.5 Å². The van der Waals surface area contributed by atoms with Crippen LogP contribution in [-0.2, 0) is 6.42 Å². The molecule has 1 heterocycles. The summed E-state index contributed by atoms with van der Waals surface area (Å²) in [6.45, 7) is 1.69. The summed E-state index contributed by atoms with van der Waals surface area (Å²) in [5.74, 6) is 1.08. The summed E-state index contributed by atoms with van der Waals surface area (Å²) < 4.78 is 9.62. The SMILES string of the molecule is COc1cc(CC(C)O)on1. The monoisotopic (exact) mass is 157 g/mol. The normalized spacial score (nSPS) is 13.0. The fourth-order valence-electron chi connectivity index (χ4n) is 0.778. The molecule has 62 valence electrons. The molecule has 4 nitrogen and oxygen atoms in total. The molecule has 0 fully saturated rings. The van der Waals surface area contributed by atoms with Gasteiger partial charge in [-0.05, 0) is 12.1 Å². The molecule has 1 rings (SSSR count). The number of methoxy groups -OCH3 is 1. The van der Waals surface area contributed by atoms with Gasteiger partial charge in [-0.15, -0.1) is 0 Å². The van der Waals surface area contributed by atoms with Crippen LogP contribution < -0.4 is 4.74 Å². The maximum atomic E-state index is 8.96. The van der Waals surface area contributed by atoms with Crippen molar-refractivity contribution in [2.75, 3.05) is 7.11 Å². The minimum atomic E-state index is -0.410. The van der Waals surface area contributed by atoms with Crippen molar-refractivity contribution in [3.8, 4) is 5.88 Å². The second kappa shape index (κ2) is 3.39. The highest BCUT2D eigenvalue weighted by Crippen LogP contribution is 2.11. The molecule has 0 aromatic carbocycles. The molecule has 1 unspecified atom stereocenters. The first kappa shape index (κ1) is 8.07. The molecule has 1 aromatic rings. The zero-order valence-electron chi connectivity index (χ0n) is 6.57. The number of hydrogen-bond donors (Lipinski definition) is 1. The van der Waals surface area contributed by atoms with Crippen molar-refractivity contribution in [2.24, 2.45) is 0 Å². The molecule has 0 aliphatic rings. The largest absolute Gasteiger partial charge is 0.479 e. The molecule has 0 radical (unpaired) electrons. The lowest BCUT2D eigenvalue weighted by Crippen LogP contribution is -2.02. The average molecular weight is 157 g/mol. The molecule has 0 bridgehead atoms. The van der Waals surface area contributed by atoms with E-state index in [9.17, 15) is 0 Å². The van der Waals surface area contributed by atoms with Gasteiger partial charge in [-0.2, -0.15) is 0 Å². The summed E-state index contributed by atoms with van der Waals surface area (Å²) in [7, 11) is 1.52. The molecular formula is C7H11NO3. The minimum absolute atomic E-state index is 0.410. The van der Waals surface area contributed by atoms with Crippen LogP contribution in [0.15, 0.2) is 10.6 Å². The van der Waals surface area contributed by atoms with E-state index in [-0.39, 0.29) is 0 Å². The highest BCUT2D eigenvalue weighted by molar-refractivity contribution is 5.11. The zero-order valence-corrected chi connectivity index (χ0v) is 6.57. The Morgan fingerprint density at radius 1 is 1.82 bits per heavy atom. The lowest BCUT2D eigenvalue weighted by atomic mass is 10.2. The summed E-state index contributed by atoms with van der Waals surface area (Å²) >= 11 is 0. The van der Waals surface area contributed by atoms with E-state index in [1.54, 1.807) is 13.0 Å². The van der Waals surface area contributed by atoms with Gasteiger partial charge in [0.2, 0.25) is 0 Å². The van der Waals surface area contributed by atoms with Crippen LogP contribution in [0.1, 0.15) is 12.7 Å². The topological polar surface area (TPSA) is 55.5 Å². The van der Waals surface area contributed by atoms with E-state index in [2.05, 4.69) is 5.16 Å². The van der Waals surface area contributed by atoms with Gasteiger partial charge in [0, 0.05) is 12.5 Å². The summed E-state index contributed by atoms with van der Waals surface area (Å²) in [4.78, 5) is 0. The number of aliphatic hydroxyl groups is 1. The summed E-state index contributed by atoms with van der Waals surface area (Å²) in [6.07, 6.45) is 0.0590. The Hall–Kier alpha value is -1.03. The number of hydrogen-bond acceptors (Lipinski definition) is 4. The number of rotatable bonds is 3. The highest BCUT2D eigenvalue weighted by Gasteiger charge is 2.05. The molecule has 0 spiro atoms. The third-order valence-corrected chi connectivity index (χ3v) is 1.24. The molecule has 0 amide bonds. The van der Waals surface area contributed by atoms with Gasteiger partial charge in [-0.1, -0.05) is 0 Å². The Morgan fingerprint density at radius 2 is 2.55 bits per heavy atom. The Balaban J connectivity index is 2.58. The number of nitrogens with zero attached hydrogens (tertiary/aromatic N) is 1. The van der Waals surface area contributed by atoms with Crippen LogP contribution >= 0.6 is 0 Å². The first-order valence-corrected chi connectivity index (χ1v) is 3.40. The Kier molecular flexibility index (Phi) is 2.48. The van der Waals surface area contributed by atoms with Gasteiger partial charge in [0.05, 0.1) is 13.2 Å². The van der Waals surface area contributed by atoms with Gasteiger partial charge >= 0.3 is 0 Å². The van der Waals surface area contributed by atoms with Crippen molar-refractivity contribution < 1.29 is 14.4 Å². The smallest absolute Gasteiger partial charge is 0.254 e. The molecule has 0 saturated carbocycles. The summed E-state index contributed by atoms with van der Waals surface area (Å²) in [5.41, 5.74) is 0. The second-order valence-electron chi connectivity index (χ2n) is 2.39. The standard InChI is InChI=1S/C7H11NO3/c1-5(9)3-6-4-7(10-2)8-11-6/h4-5,9H,3H2,1-2H3. The quantitative estimate of drug-likeness (QED) is 0.698. The van der Waals surface area contributed by atoms with Gasteiger partial charge in [-0.25, -0.2) is 0 Å². The Bertz CT molecular complexity index is 219. The van der Waals surface area contributed by atoms with Crippen molar-refractivity contribution in [3.05, 3.63) is 11.8 Å². The van der Waals surface area contributed by atoms with Gasteiger partial charge in [0.1, 0.15) is 5.76 Å². The minimum Gasteiger partial charge on any atom is -0.479 e. The Morgan fingerprint density at radius 3 is 3.00 bits per heavy atom. The van der Waals surface area contributed by atoms with Crippen LogP contribution in [0.3, 0.4) is 0 Å².